The predicted molar refractivity (Wildman–Crippen MR) is 65.8 cm³/mol. The Morgan fingerprint density at radius 3 is 2.83 bits per heavy atom. The van der Waals surface area contributed by atoms with Crippen LogP contribution in [0.3, 0.4) is 0 Å². The third-order valence-corrected chi connectivity index (χ3v) is 3.19. The number of amides is 1. The fourth-order valence-corrected chi connectivity index (χ4v) is 2.24. The van der Waals surface area contributed by atoms with Crippen LogP contribution in [0.2, 0.25) is 0 Å². The maximum atomic E-state index is 14.2. The van der Waals surface area contributed by atoms with E-state index in [0.29, 0.717) is 31.6 Å². The summed E-state index contributed by atoms with van der Waals surface area (Å²) in [6.07, 6.45) is 2.54. The smallest absolute Gasteiger partial charge is 0.242 e. The lowest BCUT2D eigenvalue weighted by atomic mass is 10.2. The number of hydrogen-bond donors (Lipinski definition) is 1. The minimum Gasteiger partial charge on any atom is -0.354 e. The maximum absolute atomic E-state index is 14.2. The summed E-state index contributed by atoms with van der Waals surface area (Å²) in [5.74, 6) is -0.249. The fourth-order valence-electron chi connectivity index (χ4n) is 2.24. The molecule has 1 fully saturated rings. The standard InChI is InChI=1S/C12H17FN4O/c1-3-8-10(13)11(16-7-15-8)17(4-2)9-5-6-14-12(9)18/h7,9H,3-6H2,1-2H3,(H,14,18). The quantitative estimate of drug-likeness (QED) is 0.864. The second kappa shape index (κ2) is 5.29. The summed E-state index contributed by atoms with van der Waals surface area (Å²) in [6.45, 7) is 4.90. The normalized spacial score (nSPS) is 18.8. The minimum absolute atomic E-state index is 0.0621. The summed E-state index contributed by atoms with van der Waals surface area (Å²) >= 11 is 0. The summed E-state index contributed by atoms with van der Waals surface area (Å²) in [4.78, 5) is 21.3. The van der Waals surface area contributed by atoms with Gasteiger partial charge >= 0.3 is 0 Å². The molecule has 1 aromatic heterocycles. The van der Waals surface area contributed by atoms with Crippen LogP contribution in [0.15, 0.2) is 6.33 Å². The molecular formula is C12H17FN4O. The van der Waals surface area contributed by atoms with Crippen molar-refractivity contribution in [2.75, 3.05) is 18.0 Å². The Labute approximate surface area is 105 Å². The van der Waals surface area contributed by atoms with Gasteiger partial charge in [-0.1, -0.05) is 6.92 Å². The Balaban J connectivity index is 2.35. The van der Waals surface area contributed by atoms with Gasteiger partial charge in [0, 0.05) is 13.1 Å². The average Bonchev–Trinajstić information content (AvgIpc) is 2.79. The average molecular weight is 252 g/mol. The van der Waals surface area contributed by atoms with Gasteiger partial charge in [-0.05, 0) is 19.8 Å². The third-order valence-electron chi connectivity index (χ3n) is 3.19. The van der Waals surface area contributed by atoms with Crippen molar-refractivity contribution in [2.45, 2.75) is 32.7 Å². The van der Waals surface area contributed by atoms with E-state index in [-0.39, 0.29) is 17.8 Å². The van der Waals surface area contributed by atoms with E-state index >= 15 is 0 Å². The lowest BCUT2D eigenvalue weighted by molar-refractivity contribution is -0.120. The van der Waals surface area contributed by atoms with Crippen molar-refractivity contribution < 1.29 is 9.18 Å². The van der Waals surface area contributed by atoms with Gasteiger partial charge in [0.2, 0.25) is 5.91 Å². The Morgan fingerprint density at radius 1 is 1.50 bits per heavy atom. The van der Waals surface area contributed by atoms with E-state index in [4.69, 9.17) is 0 Å². The molecule has 1 aliphatic rings. The molecule has 18 heavy (non-hydrogen) atoms. The van der Waals surface area contributed by atoms with Gasteiger partial charge in [-0.3, -0.25) is 4.79 Å². The van der Waals surface area contributed by atoms with E-state index in [2.05, 4.69) is 15.3 Å². The molecule has 2 rings (SSSR count). The van der Waals surface area contributed by atoms with E-state index in [1.54, 1.807) is 4.90 Å². The van der Waals surface area contributed by atoms with Crippen molar-refractivity contribution in [3.8, 4) is 0 Å². The predicted octanol–water partition coefficient (Wildman–Crippen LogP) is 0.893. The summed E-state index contributed by atoms with van der Waals surface area (Å²) in [5.41, 5.74) is 0.386. The number of nitrogens with zero attached hydrogens (tertiary/aromatic N) is 3. The number of rotatable bonds is 4. The van der Waals surface area contributed by atoms with E-state index in [1.807, 2.05) is 13.8 Å². The first-order valence-electron chi connectivity index (χ1n) is 6.22. The first-order valence-corrected chi connectivity index (χ1v) is 6.22. The summed E-state index contributed by atoms with van der Waals surface area (Å²) in [6, 6.07) is -0.330. The maximum Gasteiger partial charge on any atom is 0.242 e. The Bertz CT molecular complexity index is 452. The first kappa shape index (κ1) is 12.7. The molecule has 2 heterocycles. The molecule has 0 saturated carbocycles. The Hall–Kier alpha value is -1.72. The summed E-state index contributed by atoms with van der Waals surface area (Å²) in [7, 11) is 0. The van der Waals surface area contributed by atoms with E-state index in [0.717, 1.165) is 0 Å². The largest absolute Gasteiger partial charge is 0.354 e. The highest BCUT2D eigenvalue weighted by Crippen LogP contribution is 2.22. The molecule has 1 atom stereocenters. The molecule has 98 valence electrons. The number of aromatic nitrogens is 2. The highest BCUT2D eigenvalue weighted by molar-refractivity contribution is 5.86. The van der Waals surface area contributed by atoms with Gasteiger partial charge in [-0.15, -0.1) is 0 Å². The van der Waals surface area contributed by atoms with Crippen LogP contribution >= 0.6 is 0 Å². The van der Waals surface area contributed by atoms with Crippen LogP contribution < -0.4 is 10.2 Å². The highest BCUT2D eigenvalue weighted by Gasteiger charge is 2.32. The molecule has 1 unspecified atom stereocenters. The molecule has 1 aliphatic heterocycles. The van der Waals surface area contributed by atoms with Crippen LogP contribution in [0.5, 0.6) is 0 Å². The van der Waals surface area contributed by atoms with Crippen molar-refractivity contribution in [2.24, 2.45) is 0 Å². The SMILES string of the molecule is CCc1ncnc(N(CC)C2CCNC2=O)c1F. The van der Waals surface area contributed by atoms with Crippen molar-refractivity contribution >= 4 is 11.7 Å². The monoisotopic (exact) mass is 252 g/mol. The van der Waals surface area contributed by atoms with E-state index < -0.39 is 5.82 Å². The van der Waals surface area contributed by atoms with Gasteiger partial charge in [0.25, 0.3) is 0 Å². The Morgan fingerprint density at radius 2 is 2.28 bits per heavy atom. The molecule has 0 aromatic carbocycles. The lowest BCUT2D eigenvalue weighted by Crippen LogP contribution is -2.41. The molecule has 1 N–H and O–H groups in total. The highest BCUT2D eigenvalue weighted by atomic mass is 19.1. The number of hydrogen-bond acceptors (Lipinski definition) is 4. The van der Waals surface area contributed by atoms with Crippen molar-refractivity contribution in [1.82, 2.24) is 15.3 Å². The number of halogens is 1. The second-order valence-corrected chi connectivity index (χ2v) is 4.19. The molecule has 0 spiro atoms. The van der Waals surface area contributed by atoms with Crippen LogP contribution in [0, 0.1) is 5.82 Å². The van der Waals surface area contributed by atoms with Crippen LogP contribution in [0.25, 0.3) is 0 Å². The van der Waals surface area contributed by atoms with E-state index in [1.165, 1.54) is 6.33 Å². The van der Waals surface area contributed by atoms with Crippen LogP contribution in [0.1, 0.15) is 26.0 Å². The van der Waals surface area contributed by atoms with E-state index in [9.17, 15) is 9.18 Å². The third kappa shape index (κ3) is 2.14. The molecule has 1 amide bonds. The number of carbonyl (C=O) groups is 1. The van der Waals surface area contributed by atoms with Crippen LogP contribution in [-0.4, -0.2) is 35.0 Å². The van der Waals surface area contributed by atoms with Crippen molar-refractivity contribution in [3.63, 3.8) is 0 Å². The summed E-state index contributed by atoms with van der Waals surface area (Å²) < 4.78 is 14.2. The molecule has 5 nitrogen and oxygen atoms in total. The van der Waals surface area contributed by atoms with Gasteiger partial charge in [0.05, 0.1) is 5.69 Å². The van der Waals surface area contributed by atoms with Crippen LogP contribution in [0.4, 0.5) is 10.2 Å². The topological polar surface area (TPSA) is 58.1 Å². The molecule has 0 bridgehead atoms. The molecule has 0 aliphatic carbocycles. The van der Waals surface area contributed by atoms with Gasteiger partial charge in [-0.25, -0.2) is 14.4 Å². The zero-order valence-corrected chi connectivity index (χ0v) is 10.6. The molecule has 1 aromatic rings. The van der Waals surface area contributed by atoms with Gasteiger partial charge in [0.15, 0.2) is 11.6 Å². The van der Waals surface area contributed by atoms with Gasteiger partial charge in [0.1, 0.15) is 12.4 Å². The minimum atomic E-state index is -0.415. The molecule has 6 heteroatoms. The van der Waals surface area contributed by atoms with Crippen LogP contribution in [-0.2, 0) is 11.2 Å². The number of carbonyl (C=O) groups excluding carboxylic acids is 1. The first-order chi connectivity index (χ1) is 8.69. The number of anilines is 1. The zero-order valence-electron chi connectivity index (χ0n) is 10.6. The number of likely N-dealkylation sites (N-methyl/N-ethyl adjacent to an activating group) is 1. The lowest BCUT2D eigenvalue weighted by Gasteiger charge is -2.27. The molecule has 0 radical (unpaired) electrons. The zero-order chi connectivity index (χ0) is 13.1. The number of aryl methyl sites for hydroxylation is 1. The molecule has 1 saturated heterocycles. The van der Waals surface area contributed by atoms with Crippen molar-refractivity contribution in [1.29, 1.82) is 0 Å². The fraction of sp³-hybridized carbons (Fsp3) is 0.583. The summed E-state index contributed by atoms with van der Waals surface area (Å²) in [5, 5.41) is 2.76. The van der Waals surface area contributed by atoms with Crippen molar-refractivity contribution in [3.05, 3.63) is 17.8 Å². The number of nitrogens with one attached hydrogen (secondary N) is 1. The second-order valence-electron chi connectivity index (χ2n) is 4.19. The Kier molecular flexibility index (Phi) is 3.74. The van der Waals surface area contributed by atoms with Gasteiger partial charge in [-0.2, -0.15) is 0 Å². The van der Waals surface area contributed by atoms with Gasteiger partial charge < -0.3 is 10.2 Å². The molecular weight excluding hydrogens is 235 g/mol.